The summed E-state index contributed by atoms with van der Waals surface area (Å²) in [5, 5.41) is 6.67. The molecule has 2 heterocycles. The van der Waals surface area contributed by atoms with Crippen LogP contribution in [-0.2, 0) is 18.3 Å². The van der Waals surface area contributed by atoms with Crippen molar-refractivity contribution in [3.8, 4) is 0 Å². The zero-order valence-electron chi connectivity index (χ0n) is 12.5. The van der Waals surface area contributed by atoms with Crippen molar-refractivity contribution < 1.29 is 9.32 Å². The molecule has 114 valence electrons. The van der Waals surface area contributed by atoms with Gasteiger partial charge in [0.15, 0.2) is 0 Å². The number of hydrogen-bond acceptors (Lipinski definition) is 5. The minimum absolute atomic E-state index is 0.0176. The Kier molecular flexibility index (Phi) is 3.58. The molecule has 6 nitrogen and oxygen atoms in total. The third-order valence-corrected chi connectivity index (χ3v) is 4.43. The van der Waals surface area contributed by atoms with E-state index in [4.69, 9.17) is 4.52 Å². The number of amides is 1. The number of fused-ring (bicyclic) bond motifs is 1. The zero-order chi connectivity index (χ0) is 15.9. The molecule has 0 atom stereocenters. The van der Waals surface area contributed by atoms with Crippen LogP contribution in [0.5, 0.6) is 0 Å². The van der Waals surface area contributed by atoms with Crippen molar-refractivity contribution in [2.24, 2.45) is 7.05 Å². The number of nitrogens with zero attached hydrogens (tertiary/aromatic N) is 2. The molecule has 0 aliphatic rings. The van der Waals surface area contributed by atoms with Crippen LogP contribution in [0.1, 0.15) is 17.0 Å². The molecule has 0 fully saturated rings. The molecule has 0 bridgehead atoms. The predicted octanol–water partition coefficient (Wildman–Crippen LogP) is 2.39. The monoisotopic (exact) mass is 317 g/mol. The molecule has 0 aliphatic heterocycles. The fourth-order valence-electron chi connectivity index (χ4n) is 2.27. The maximum atomic E-state index is 12.1. The summed E-state index contributed by atoms with van der Waals surface area (Å²) in [6, 6.07) is 5.48. The van der Waals surface area contributed by atoms with Crippen molar-refractivity contribution >= 4 is 33.1 Å². The van der Waals surface area contributed by atoms with Crippen molar-refractivity contribution in [1.82, 2.24) is 9.72 Å². The number of anilines is 1. The maximum Gasteiger partial charge on any atom is 0.307 e. The Labute approximate surface area is 130 Å². The standard InChI is InChI=1S/C15H15N3O3S/c1-8-4-12-13(22-15(20)18(12)3)7-11(8)16-14(19)6-10-5-9(2)21-17-10/h4-5,7H,6H2,1-3H3,(H,16,19). The number of nitrogens with one attached hydrogen (secondary N) is 1. The Morgan fingerprint density at radius 1 is 1.36 bits per heavy atom. The molecule has 1 N–H and O–H groups in total. The van der Waals surface area contributed by atoms with E-state index in [0.29, 0.717) is 17.1 Å². The second-order valence-corrected chi connectivity index (χ2v) is 6.21. The minimum Gasteiger partial charge on any atom is -0.361 e. The lowest BCUT2D eigenvalue weighted by atomic mass is 10.1. The predicted molar refractivity (Wildman–Crippen MR) is 85.4 cm³/mol. The molecule has 1 aromatic carbocycles. The highest BCUT2D eigenvalue weighted by Gasteiger charge is 2.12. The van der Waals surface area contributed by atoms with Gasteiger partial charge in [-0.1, -0.05) is 16.5 Å². The van der Waals surface area contributed by atoms with Gasteiger partial charge in [-0.3, -0.25) is 9.59 Å². The van der Waals surface area contributed by atoms with E-state index >= 15 is 0 Å². The molecule has 2 aromatic heterocycles. The van der Waals surface area contributed by atoms with E-state index in [1.807, 2.05) is 19.1 Å². The van der Waals surface area contributed by atoms with Crippen LogP contribution in [0.4, 0.5) is 5.69 Å². The van der Waals surface area contributed by atoms with Gasteiger partial charge >= 0.3 is 4.87 Å². The van der Waals surface area contributed by atoms with Crippen LogP contribution < -0.4 is 10.2 Å². The highest BCUT2D eigenvalue weighted by molar-refractivity contribution is 7.16. The first kappa shape index (κ1) is 14.5. The van der Waals surface area contributed by atoms with Gasteiger partial charge in [-0.2, -0.15) is 0 Å². The summed E-state index contributed by atoms with van der Waals surface area (Å²) in [4.78, 5) is 23.8. The van der Waals surface area contributed by atoms with Crippen molar-refractivity contribution in [2.45, 2.75) is 20.3 Å². The van der Waals surface area contributed by atoms with Gasteiger partial charge in [0.25, 0.3) is 0 Å². The number of aromatic nitrogens is 2. The zero-order valence-corrected chi connectivity index (χ0v) is 13.3. The molecular formula is C15H15N3O3S. The quantitative estimate of drug-likeness (QED) is 0.804. The first-order chi connectivity index (χ1) is 10.4. The molecular weight excluding hydrogens is 302 g/mol. The summed E-state index contributed by atoms with van der Waals surface area (Å²) in [5.41, 5.74) is 3.08. The molecule has 0 aliphatic carbocycles. The summed E-state index contributed by atoms with van der Waals surface area (Å²) in [5.74, 6) is 0.508. The maximum absolute atomic E-state index is 12.1. The SMILES string of the molecule is Cc1cc(CC(=O)Nc2cc3sc(=O)n(C)c3cc2C)no1. The molecule has 0 unspecified atom stereocenters. The van der Waals surface area contributed by atoms with Crippen LogP contribution in [0, 0.1) is 13.8 Å². The third kappa shape index (κ3) is 2.67. The Balaban J connectivity index is 1.85. The topological polar surface area (TPSA) is 77.1 Å². The fraction of sp³-hybridized carbons (Fsp3) is 0.267. The molecule has 3 aromatic rings. The van der Waals surface area contributed by atoms with Crippen LogP contribution in [0.2, 0.25) is 0 Å². The van der Waals surface area contributed by atoms with E-state index in [2.05, 4.69) is 10.5 Å². The van der Waals surface area contributed by atoms with Crippen molar-refractivity contribution in [2.75, 3.05) is 5.32 Å². The van der Waals surface area contributed by atoms with E-state index in [9.17, 15) is 9.59 Å². The minimum atomic E-state index is -0.168. The average Bonchev–Trinajstić information content (AvgIpc) is 2.96. The van der Waals surface area contributed by atoms with Gasteiger partial charge in [0.05, 0.1) is 22.3 Å². The number of carbonyl (C=O) groups excluding carboxylic acids is 1. The summed E-state index contributed by atoms with van der Waals surface area (Å²) < 4.78 is 7.41. The van der Waals surface area contributed by atoms with E-state index in [1.54, 1.807) is 24.6 Å². The number of carbonyl (C=O) groups is 1. The van der Waals surface area contributed by atoms with Crippen LogP contribution in [0.25, 0.3) is 10.2 Å². The Morgan fingerprint density at radius 3 is 2.82 bits per heavy atom. The fourth-order valence-corrected chi connectivity index (χ4v) is 3.17. The third-order valence-electron chi connectivity index (χ3n) is 3.43. The normalized spacial score (nSPS) is 11.0. The summed E-state index contributed by atoms with van der Waals surface area (Å²) in [6.45, 7) is 3.68. The van der Waals surface area contributed by atoms with Crippen LogP contribution >= 0.6 is 11.3 Å². The number of benzene rings is 1. The van der Waals surface area contributed by atoms with E-state index in [-0.39, 0.29) is 17.2 Å². The van der Waals surface area contributed by atoms with E-state index in [1.165, 1.54) is 0 Å². The highest BCUT2D eigenvalue weighted by Crippen LogP contribution is 2.25. The second kappa shape index (κ2) is 5.42. The van der Waals surface area contributed by atoms with E-state index in [0.717, 1.165) is 27.1 Å². The van der Waals surface area contributed by atoms with Gasteiger partial charge in [-0.05, 0) is 31.5 Å². The lowest BCUT2D eigenvalue weighted by Gasteiger charge is -2.08. The summed E-state index contributed by atoms with van der Waals surface area (Å²) in [7, 11) is 1.74. The number of aryl methyl sites for hydroxylation is 3. The number of rotatable bonds is 3. The number of hydrogen-bond donors (Lipinski definition) is 1. The lowest BCUT2D eigenvalue weighted by Crippen LogP contribution is -2.15. The largest absolute Gasteiger partial charge is 0.361 e. The van der Waals surface area contributed by atoms with Crippen LogP contribution in [0.3, 0.4) is 0 Å². The lowest BCUT2D eigenvalue weighted by molar-refractivity contribution is -0.115. The number of thiazole rings is 1. The average molecular weight is 317 g/mol. The van der Waals surface area contributed by atoms with Crippen LogP contribution in [0.15, 0.2) is 27.5 Å². The van der Waals surface area contributed by atoms with Crippen molar-refractivity contribution in [3.05, 3.63) is 44.9 Å². The molecule has 0 saturated carbocycles. The molecule has 0 spiro atoms. The van der Waals surface area contributed by atoms with E-state index < -0.39 is 0 Å². The molecule has 22 heavy (non-hydrogen) atoms. The molecule has 7 heteroatoms. The van der Waals surface area contributed by atoms with Gasteiger partial charge in [0.2, 0.25) is 5.91 Å². The van der Waals surface area contributed by atoms with Gasteiger partial charge in [-0.15, -0.1) is 0 Å². The highest BCUT2D eigenvalue weighted by atomic mass is 32.1. The summed E-state index contributed by atoms with van der Waals surface area (Å²) in [6.07, 6.45) is 0.153. The Hall–Kier alpha value is -2.41. The van der Waals surface area contributed by atoms with Gasteiger partial charge in [-0.25, -0.2) is 0 Å². The molecule has 0 radical (unpaired) electrons. The summed E-state index contributed by atoms with van der Waals surface area (Å²) >= 11 is 1.16. The van der Waals surface area contributed by atoms with Gasteiger partial charge in [0.1, 0.15) is 5.76 Å². The Bertz CT molecular complexity index is 920. The van der Waals surface area contributed by atoms with Gasteiger partial charge in [0, 0.05) is 18.8 Å². The molecule has 0 saturated heterocycles. The first-order valence-corrected chi connectivity index (χ1v) is 7.58. The van der Waals surface area contributed by atoms with Crippen molar-refractivity contribution in [1.29, 1.82) is 0 Å². The smallest absolute Gasteiger partial charge is 0.307 e. The van der Waals surface area contributed by atoms with Crippen molar-refractivity contribution in [3.63, 3.8) is 0 Å². The van der Waals surface area contributed by atoms with Gasteiger partial charge < -0.3 is 14.4 Å². The second-order valence-electron chi connectivity index (χ2n) is 5.22. The van der Waals surface area contributed by atoms with Crippen LogP contribution in [-0.4, -0.2) is 15.6 Å². The molecule has 1 amide bonds. The molecule has 3 rings (SSSR count). The first-order valence-electron chi connectivity index (χ1n) is 6.76. The Morgan fingerprint density at radius 2 is 2.14 bits per heavy atom.